The number of fused-ring (bicyclic) bond motifs is 5. The van der Waals surface area contributed by atoms with Gasteiger partial charge in [0.2, 0.25) is 6.10 Å². The van der Waals surface area contributed by atoms with Crippen LogP contribution in [0.1, 0.15) is 99.3 Å². The van der Waals surface area contributed by atoms with Crippen LogP contribution in [-0.4, -0.2) is 28.6 Å². The van der Waals surface area contributed by atoms with E-state index in [4.69, 9.17) is 4.74 Å². The summed E-state index contributed by atoms with van der Waals surface area (Å²) in [6, 6.07) is 0. The number of hydrogen-bond acceptors (Lipinski definition) is 4. The lowest BCUT2D eigenvalue weighted by Gasteiger charge is -2.69. The van der Waals surface area contributed by atoms with Gasteiger partial charge in [-0.3, -0.25) is 4.79 Å². The maximum absolute atomic E-state index is 12.8. The van der Waals surface area contributed by atoms with Gasteiger partial charge in [0.25, 0.3) is 0 Å². The lowest BCUT2D eigenvalue weighted by atomic mass is 9.35. The standard InChI is InChI=1S/C27H42O4/c1-23(2)19-10-14-26(5)20(24(19,3)12-11-21(23)28)8-7-16-17(9-13-25(16,26)4)27(6,30)15-18-22(29)31-18/h16-20,30H,7-15H2,1-6H3/t16-,17?,18?,19+,20-,24+,25-,26-,27+/m1/s1. The first-order chi connectivity index (χ1) is 14.3. The van der Waals surface area contributed by atoms with Crippen LogP contribution in [-0.2, 0) is 14.3 Å². The van der Waals surface area contributed by atoms with Crippen molar-refractivity contribution in [2.24, 2.45) is 45.3 Å². The fourth-order valence-electron chi connectivity index (χ4n) is 10.0. The van der Waals surface area contributed by atoms with E-state index < -0.39 is 5.60 Å². The minimum Gasteiger partial charge on any atom is -0.447 e. The number of rotatable bonds is 3. The van der Waals surface area contributed by atoms with Gasteiger partial charge in [0, 0.05) is 18.3 Å². The van der Waals surface area contributed by atoms with Crippen LogP contribution in [0, 0.1) is 45.3 Å². The topological polar surface area (TPSA) is 66.9 Å². The van der Waals surface area contributed by atoms with Gasteiger partial charge in [-0.1, -0.05) is 34.6 Å². The third-order valence-electron chi connectivity index (χ3n) is 12.0. The fourth-order valence-corrected chi connectivity index (χ4v) is 10.0. The van der Waals surface area contributed by atoms with Gasteiger partial charge in [-0.05, 0) is 91.8 Å². The first-order valence-corrected chi connectivity index (χ1v) is 12.7. The highest BCUT2D eigenvalue weighted by Gasteiger charge is 2.69. The van der Waals surface area contributed by atoms with Crippen LogP contribution >= 0.6 is 0 Å². The summed E-state index contributed by atoms with van der Waals surface area (Å²) >= 11 is 0. The molecule has 174 valence electrons. The zero-order chi connectivity index (χ0) is 22.6. The summed E-state index contributed by atoms with van der Waals surface area (Å²) in [5, 5.41) is 11.4. The summed E-state index contributed by atoms with van der Waals surface area (Å²) in [7, 11) is 0. The lowest BCUT2D eigenvalue weighted by Crippen LogP contribution is -2.63. The average Bonchev–Trinajstić information content (AvgIpc) is 3.20. The molecule has 0 aromatic rings. The summed E-state index contributed by atoms with van der Waals surface area (Å²) in [6.07, 6.45) is 8.76. The normalized spacial score (nSPS) is 52.4. The Morgan fingerprint density at radius 3 is 2.23 bits per heavy atom. The third-order valence-corrected chi connectivity index (χ3v) is 12.0. The summed E-state index contributed by atoms with van der Waals surface area (Å²) in [4.78, 5) is 24.3. The van der Waals surface area contributed by atoms with Crippen LogP contribution in [0.15, 0.2) is 0 Å². The first-order valence-electron chi connectivity index (χ1n) is 12.7. The van der Waals surface area contributed by atoms with Gasteiger partial charge in [0.1, 0.15) is 5.78 Å². The number of ether oxygens (including phenoxy) is 1. The molecule has 0 radical (unpaired) electrons. The van der Waals surface area contributed by atoms with Crippen molar-refractivity contribution in [2.45, 2.75) is 111 Å². The Labute approximate surface area is 187 Å². The van der Waals surface area contributed by atoms with E-state index in [2.05, 4.69) is 34.6 Å². The van der Waals surface area contributed by atoms with Gasteiger partial charge in [0.15, 0.2) is 0 Å². The molecule has 4 heteroatoms. The van der Waals surface area contributed by atoms with Gasteiger partial charge in [-0.15, -0.1) is 0 Å². The Bertz CT molecular complexity index is 814. The van der Waals surface area contributed by atoms with Crippen molar-refractivity contribution < 1.29 is 19.4 Å². The highest BCUT2D eigenvalue weighted by Crippen LogP contribution is 2.75. The van der Waals surface area contributed by atoms with Crippen molar-refractivity contribution in [1.82, 2.24) is 0 Å². The molecule has 5 rings (SSSR count). The van der Waals surface area contributed by atoms with Crippen molar-refractivity contribution in [3.8, 4) is 0 Å². The largest absolute Gasteiger partial charge is 0.447 e. The minimum absolute atomic E-state index is 0.155. The third kappa shape index (κ3) is 2.75. The van der Waals surface area contributed by atoms with Crippen molar-refractivity contribution in [1.29, 1.82) is 0 Å². The van der Waals surface area contributed by atoms with E-state index in [1.807, 2.05) is 6.92 Å². The number of Topliss-reactive ketones (excluding diaryl/α,β-unsaturated/α-hetero) is 1. The average molecular weight is 431 g/mol. The molecule has 4 aliphatic carbocycles. The number of hydrogen-bond donors (Lipinski definition) is 1. The number of ketones is 1. The number of cyclic esters (lactones) is 1. The SMILES string of the molecule is CC1(C)C(=O)CC[C@]2(C)[C@H]3CC[C@@H]4C([C@@](C)(O)CC5OC5=O)CC[C@@]4(C)[C@]3(C)CC[C@@H]12. The van der Waals surface area contributed by atoms with E-state index in [9.17, 15) is 14.7 Å². The molecule has 5 fully saturated rings. The molecule has 5 aliphatic rings. The maximum Gasteiger partial charge on any atom is 0.348 e. The second-order valence-electron chi connectivity index (χ2n) is 13.4. The molecule has 9 atom stereocenters. The Hall–Kier alpha value is -0.900. The molecule has 0 aromatic heterocycles. The van der Waals surface area contributed by atoms with Crippen LogP contribution in [0.25, 0.3) is 0 Å². The van der Waals surface area contributed by atoms with Gasteiger partial charge in [-0.25, -0.2) is 4.79 Å². The first kappa shape index (κ1) is 21.9. The van der Waals surface area contributed by atoms with E-state index in [-0.39, 0.29) is 39.7 Å². The van der Waals surface area contributed by atoms with Crippen LogP contribution in [0.2, 0.25) is 0 Å². The molecule has 2 unspecified atom stereocenters. The van der Waals surface area contributed by atoms with E-state index in [1.165, 1.54) is 12.8 Å². The maximum atomic E-state index is 12.8. The zero-order valence-corrected chi connectivity index (χ0v) is 20.4. The Morgan fingerprint density at radius 2 is 1.58 bits per heavy atom. The van der Waals surface area contributed by atoms with Crippen molar-refractivity contribution >= 4 is 11.8 Å². The molecule has 0 aromatic carbocycles. The zero-order valence-electron chi connectivity index (χ0n) is 20.4. The quantitative estimate of drug-likeness (QED) is 0.616. The summed E-state index contributed by atoms with van der Waals surface area (Å²) in [5.41, 5.74) is -0.367. The molecule has 1 heterocycles. The van der Waals surface area contributed by atoms with Crippen LogP contribution in [0.3, 0.4) is 0 Å². The van der Waals surface area contributed by atoms with E-state index in [0.29, 0.717) is 30.0 Å². The number of carbonyl (C=O) groups is 2. The number of carbonyl (C=O) groups excluding carboxylic acids is 2. The molecular formula is C27H42O4. The summed E-state index contributed by atoms with van der Waals surface area (Å²) < 4.78 is 5.05. The molecule has 1 aliphatic heterocycles. The van der Waals surface area contributed by atoms with Gasteiger partial charge >= 0.3 is 5.97 Å². The Morgan fingerprint density at radius 1 is 0.935 bits per heavy atom. The molecule has 1 saturated heterocycles. The van der Waals surface area contributed by atoms with Crippen LogP contribution in [0.5, 0.6) is 0 Å². The minimum atomic E-state index is -0.844. The van der Waals surface area contributed by atoms with Gasteiger partial charge in [0.05, 0.1) is 5.60 Å². The Balaban J connectivity index is 1.45. The summed E-state index contributed by atoms with van der Waals surface area (Å²) in [5.74, 6) is 2.17. The fraction of sp³-hybridized carbons (Fsp3) is 0.926. The molecule has 1 N–H and O–H groups in total. The highest BCUT2D eigenvalue weighted by molar-refractivity contribution is 5.87. The molecule has 4 saturated carbocycles. The predicted molar refractivity (Wildman–Crippen MR) is 119 cm³/mol. The number of epoxide rings is 1. The highest BCUT2D eigenvalue weighted by atomic mass is 16.6. The van der Waals surface area contributed by atoms with E-state index in [0.717, 1.165) is 38.5 Å². The van der Waals surface area contributed by atoms with Crippen LogP contribution < -0.4 is 0 Å². The molecule has 0 spiro atoms. The number of aliphatic hydroxyl groups is 1. The second-order valence-corrected chi connectivity index (χ2v) is 13.4. The lowest BCUT2D eigenvalue weighted by molar-refractivity contribution is -0.207. The molecule has 0 bridgehead atoms. The molecular weight excluding hydrogens is 388 g/mol. The van der Waals surface area contributed by atoms with Crippen molar-refractivity contribution in [2.75, 3.05) is 0 Å². The van der Waals surface area contributed by atoms with Gasteiger partial charge < -0.3 is 9.84 Å². The van der Waals surface area contributed by atoms with E-state index in [1.54, 1.807) is 0 Å². The predicted octanol–water partition coefficient (Wildman–Crippen LogP) is 5.31. The second kappa shape index (κ2) is 6.36. The van der Waals surface area contributed by atoms with Crippen LogP contribution in [0.4, 0.5) is 0 Å². The van der Waals surface area contributed by atoms with Gasteiger partial charge in [-0.2, -0.15) is 0 Å². The molecule has 4 nitrogen and oxygen atoms in total. The van der Waals surface area contributed by atoms with Crippen molar-refractivity contribution in [3.05, 3.63) is 0 Å². The molecule has 0 amide bonds. The monoisotopic (exact) mass is 430 g/mol. The smallest absolute Gasteiger partial charge is 0.348 e. The van der Waals surface area contributed by atoms with E-state index >= 15 is 0 Å². The Kier molecular flexibility index (Phi) is 4.50. The summed E-state index contributed by atoms with van der Waals surface area (Å²) in [6.45, 7) is 13.9. The molecule has 31 heavy (non-hydrogen) atoms. The van der Waals surface area contributed by atoms with Crippen molar-refractivity contribution in [3.63, 3.8) is 0 Å².